The van der Waals surface area contributed by atoms with Gasteiger partial charge in [0.2, 0.25) is 5.78 Å². The highest BCUT2D eigenvalue weighted by Gasteiger charge is 2.23. The third-order valence-corrected chi connectivity index (χ3v) is 4.51. The highest BCUT2D eigenvalue weighted by Crippen LogP contribution is 2.17. The Labute approximate surface area is 137 Å². The lowest BCUT2D eigenvalue weighted by Gasteiger charge is -2.12. The van der Waals surface area contributed by atoms with Crippen molar-refractivity contribution in [2.75, 3.05) is 0 Å². The molecule has 0 spiro atoms. The molecule has 0 saturated carbocycles. The molecule has 3 aromatic rings. The lowest BCUT2D eigenvalue weighted by Crippen LogP contribution is -2.42. The van der Waals surface area contributed by atoms with Gasteiger partial charge in [0.25, 0.3) is 5.56 Å². The van der Waals surface area contributed by atoms with Crippen LogP contribution in [0.4, 0.5) is 0 Å². The molecule has 0 N–H and O–H groups in total. The second-order valence-electron chi connectivity index (χ2n) is 6.18. The second kappa shape index (κ2) is 5.47. The smallest absolute Gasteiger partial charge is 0.314 e. The number of hydrogen-bond donors (Lipinski definition) is 0. The average Bonchev–Trinajstić information content (AvgIpc) is 3.02. The molecule has 128 valence electrons. The molecule has 0 aromatic carbocycles. The summed E-state index contributed by atoms with van der Waals surface area (Å²) in [5, 5.41) is 0. The number of imidazole rings is 2. The van der Waals surface area contributed by atoms with E-state index in [0.717, 1.165) is 23.2 Å². The summed E-state index contributed by atoms with van der Waals surface area (Å²) in [4.78, 5) is 41.7. The molecule has 3 heterocycles. The number of carbonyl (C=O) groups is 1. The zero-order valence-corrected chi connectivity index (χ0v) is 14.5. The summed E-state index contributed by atoms with van der Waals surface area (Å²) < 4.78 is 6.06. The fraction of sp³-hybridized carbons (Fsp3) is 0.500. The quantitative estimate of drug-likeness (QED) is 0.714. The number of rotatable bonds is 4. The average molecular weight is 331 g/mol. The van der Waals surface area contributed by atoms with E-state index in [-0.39, 0.29) is 5.78 Å². The summed E-state index contributed by atoms with van der Waals surface area (Å²) in [6.07, 6.45) is 2.77. The Morgan fingerprint density at radius 2 is 2.00 bits per heavy atom. The zero-order valence-electron chi connectivity index (χ0n) is 14.5. The molecule has 8 heteroatoms. The van der Waals surface area contributed by atoms with Gasteiger partial charge in [0.15, 0.2) is 16.9 Å². The monoisotopic (exact) mass is 331 g/mol. The summed E-state index contributed by atoms with van der Waals surface area (Å²) in [6.45, 7) is 7.72. The molecule has 8 nitrogen and oxygen atoms in total. The van der Waals surface area contributed by atoms with Crippen LogP contribution in [0, 0.1) is 6.92 Å². The summed E-state index contributed by atoms with van der Waals surface area (Å²) in [5.41, 5.74) is 0.613. The van der Waals surface area contributed by atoms with Crippen molar-refractivity contribution in [1.29, 1.82) is 0 Å². The topological polar surface area (TPSA) is 83.3 Å². The number of fused-ring (bicyclic) bond motifs is 3. The molecule has 0 amide bonds. The molecule has 24 heavy (non-hydrogen) atoms. The van der Waals surface area contributed by atoms with Gasteiger partial charge in [-0.05, 0) is 27.2 Å². The summed E-state index contributed by atoms with van der Waals surface area (Å²) in [5.74, 6) is 0.388. The van der Waals surface area contributed by atoms with Gasteiger partial charge in [-0.3, -0.25) is 18.6 Å². The second-order valence-corrected chi connectivity index (χ2v) is 6.18. The van der Waals surface area contributed by atoms with Crippen molar-refractivity contribution >= 4 is 22.7 Å². The molecule has 0 saturated heterocycles. The van der Waals surface area contributed by atoms with Crippen LogP contribution in [0.1, 0.15) is 38.9 Å². The first-order valence-electron chi connectivity index (χ1n) is 7.99. The minimum Gasteiger partial charge on any atom is -0.314 e. The fourth-order valence-corrected chi connectivity index (χ4v) is 3.05. The van der Waals surface area contributed by atoms with E-state index in [4.69, 9.17) is 0 Å². The van der Waals surface area contributed by atoms with Crippen LogP contribution in [0.2, 0.25) is 0 Å². The van der Waals surface area contributed by atoms with Gasteiger partial charge in [0, 0.05) is 25.5 Å². The fourth-order valence-electron chi connectivity index (χ4n) is 3.05. The van der Waals surface area contributed by atoms with Crippen LogP contribution in [0.25, 0.3) is 16.9 Å². The number of hydrogen-bond acceptors (Lipinski definition) is 4. The predicted octanol–water partition coefficient (Wildman–Crippen LogP) is 1.02. The van der Waals surface area contributed by atoms with Crippen LogP contribution in [-0.4, -0.2) is 28.9 Å². The molecule has 3 aromatic heterocycles. The van der Waals surface area contributed by atoms with Gasteiger partial charge in [0.1, 0.15) is 0 Å². The van der Waals surface area contributed by atoms with Gasteiger partial charge in [-0.15, -0.1) is 0 Å². The van der Waals surface area contributed by atoms with E-state index in [1.54, 1.807) is 18.4 Å². The van der Waals surface area contributed by atoms with E-state index < -0.39 is 17.3 Å². The van der Waals surface area contributed by atoms with Crippen molar-refractivity contribution < 1.29 is 4.79 Å². The maximum Gasteiger partial charge on any atom is 0.333 e. The number of Topliss-reactive ketones (excluding diaryl/α,β-unsaturated/α-hetero) is 1. The highest BCUT2D eigenvalue weighted by atomic mass is 16.2. The van der Waals surface area contributed by atoms with Crippen LogP contribution in [0.3, 0.4) is 0 Å². The van der Waals surface area contributed by atoms with Gasteiger partial charge >= 0.3 is 5.69 Å². The zero-order chi connectivity index (χ0) is 17.8. The van der Waals surface area contributed by atoms with E-state index >= 15 is 0 Å². The van der Waals surface area contributed by atoms with Crippen LogP contribution >= 0.6 is 0 Å². The molecule has 0 aliphatic rings. The Kier molecular flexibility index (Phi) is 3.70. The molecule has 0 aliphatic heterocycles. The van der Waals surface area contributed by atoms with Crippen molar-refractivity contribution in [2.24, 2.45) is 7.05 Å². The number of carbonyl (C=O) groups excluding carboxylic acids is 1. The Balaban J connectivity index is 2.50. The van der Waals surface area contributed by atoms with Crippen LogP contribution in [-0.2, 0) is 18.4 Å². The van der Waals surface area contributed by atoms with Gasteiger partial charge in [0.05, 0.1) is 6.04 Å². The highest BCUT2D eigenvalue weighted by molar-refractivity contribution is 5.80. The maximum absolute atomic E-state index is 12.9. The minimum absolute atomic E-state index is 0.242. The Hall–Kier alpha value is -2.64. The van der Waals surface area contributed by atoms with E-state index in [9.17, 15) is 14.4 Å². The Morgan fingerprint density at radius 1 is 1.33 bits per heavy atom. The molecule has 0 radical (unpaired) electrons. The molecular formula is C16H21N5O3. The number of aromatic nitrogens is 5. The van der Waals surface area contributed by atoms with E-state index in [2.05, 4.69) is 11.9 Å². The third kappa shape index (κ3) is 2.05. The van der Waals surface area contributed by atoms with Crippen molar-refractivity contribution in [3.8, 4) is 0 Å². The first-order chi connectivity index (χ1) is 11.3. The summed E-state index contributed by atoms with van der Waals surface area (Å²) >= 11 is 0. The van der Waals surface area contributed by atoms with Crippen molar-refractivity contribution in [3.05, 3.63) is 32.7 Å². The lowest BCUT2D eigenvalue weighted by atomic mass is 10.2. The molecular weight excluding hydrogens is 310 g/mol. The molecule has 3 rings (SSSR count). The molecule has 0 bridgehead atoms. The number of ketones is 1. The molecule has 0 fully saturated rings. The van der Waals surface area contributed by atoms with Crippen LogP contribution in [0.15, 0.2) is 15.8 Å². The van der Waals surface area contributed by atoms with Gasteiger partial charge in [-0.1, -0.05) is 6.92 Å². The van der Waals surface area contributed by atoms with Crippen LogP contribution < -0.4 is 11.2 Å². The van der Waals surface area contributed by atoms with Gasteiger partial charge in [-0.25, -0.2) is 9.36 Å². The Morgan fingerprint density at radius 3 is 2.58 bits per heavy atom. The standard InChI is InChI=1S/C16H21N5O3/c1-6-7-19-9(2)8-20-12-13(17-15(19)20)18(5)16(24)21(14(12)23)10(3)11(4)22/h8,10H,6-7H2,1-5H3/t10-/m0/s1. The third-order valence-electron chi connectivity index (χ3n) is 4.51. The summed E-state index contributed by atoms with van der Waals surface area (Å²) in [6, 6.07) is -0.815. The van der Waals surface area contributed by atoms with Gasteiger partial charge < -0.3 is 4.57 Å². The van der Waals surface area contributed by atoms with E-state index in [0.29, 0.717) is 16.9 Å². The molecule has 0 unspecified atom stereocenters. The van der Waals surface area contributed by atoms with Crippen molar-refractivity contribution in [3.63, 3.8) is 0 Å². The number of nitrogens with zero attached hydrogens (tertiary/aromatic N) is 5. The maximum atomic E-state index is 12.9. The minimum atomic E-state index is -0.815. The van der Waals surface area contributed by atoms with Crippen LogP contribution in [0.5, 0.6) is 0 Å². The van der Waals surface area contributed by atoms with Crippen molar-refractivity contribution in [1.82, 2.24) is 23.1 Å². The van der Waals surface area contributed by atoms with E-state index in [1.807, 2.05) is 17.7 Å². The largest absolute Gasteiger partial charge is 0.333 e. The molecule has 0 aliphatic carbocycles. The number of aryl methyl sites for hydroxylation is 3. The van der Waals surface area contributed by atoms with Gasteiger partial charge in [-0.2, -0.15) is 4.98 Å². The molecule has 1 atom stereocenters. The first kappa shape index (κ1) is 16.2. The summed E-state index contributed by atoms with van der Waals surface area (Å²) in [7, 11) is 1.57. The Bertz CT molecular complexity index is 1080. The van der Waals surface area contributed by atoms with E-state index in [1.165, 1.54) is 11.5 Å². The SMILES string of the molecule is CCCn1c(C)cn2c3c(=O)n([C@@H](C)C(C)=O)c(=O)n(C)c3nc12. The predicted molar refractivity (Wildman–Crippen MR) is 90.6 cm³/mol. The first-order valence-corrected chi connectivity index (χ1v) is 7.99. The normalized spacial score (nSPS) is 13.0. The van der Waals surface area contributed by atoms with Crippen molar-refractivity contribution in [2.45, 2.75) is 46.7 Å². The lowest BCUT2D eigenvalue weighted by molar-refractivity contribution is -0.119.